The summed E-state index contributed by atoms with van der Waals surface area (Å²) in [6.07, 6.45) is 5.58. The Hall–Kier alpha value is -6.33. The van der Waals surface area contributed by atoms with Gasteiger partial charge in [0.2, 0.25) is 0 Å². The second-order valence-corrected chi connectivity index (χ2v) is 12.9. The van der Waals surface area contributed by atoms with E-state index in [1.807, 2.05) is 48.5 Å². The molecular weight excluding hydrogens is 601 g/mol. The molecule has 5 nitrogen and oxygen atoms in total. The van der Waals surface area contributed by atoms with E-state index in [2.05, 4.69) is 109 Å². The Balaban J connectivity index is 1.37. The zero-order chi connectivity index (χ0) is 32.5. The molecule has 0 radical (unpaired) electrons. The van der Waals surface area contributed by atoms with E-state index >= 15 is 0 Å². The second kappa shape index (κ2) is 10.9. The Morgan fingerprint density at radius 2 is 1.24 bits per heavy atom. The highest BCUT2D eigenvalue weighted by atomic mass is 16.3. The van der Waals surface area contributed by atoms with Gasteiger partial charge in [0.1, 0.15) is 11.2 Å². The van der Waals surface area contributed by atoms with E-state index in [-0.39, 0.29) is 0 Å². The first-order valence-corrected chi connectivity index (χ1v) is 16.8. The van der Waals surface area contributed by atoms with Crippen LogP contribution in [0.25, 0.3) is 89.5 Å². The molecule has 1 atom stereocenters. The minimum atomic E-state index is 0.398. The Morgan fingerprint density at radius 3 is 2.00 bits per heavy atom. The standard InChI is InChI=1S/C44H30N4O/c1-27-20-22-32-36(26-27)48(34-23-21-28-12-8-9-17-31(28)39(32)34)35-24-25-38-40(33-18-10-11-19-37(33)49-38)41(35)44-46-42(29-13-4-2-5-14-29)45-43(47-44)30-15-6-3-7-16-30/h2-25,27H,26H2,1H3. The van der Waals surface area contributed by atoms with Gasteiger partial charge in [0.15, 0.2) is 17.5 Å². The predicted octanol–water partition coefficient (Wildman–Crippen LogP) is 11.1. The number of furan rings is 1. The quantitative estimate of drug-likeness (QED) is 0.194. The highest BCUT2D eigenvalue weighted by Crippen LogP contribution is 2.45. The average molecular weight is 631 g/mol. The molecule has 1 aliphatic rings. The van der Waals surface area contributed by atoms with E-state index in [1.165, 1.54) is 27.4 Å². The summed E-state index contributed by atoms with van der Waals surface area (Å²) in [7, 11) is 0. The highest BCUT2D eigenvalue weighted by Gasteiger charge is 2.27. The molecule has 0 N–H and O–H groups in total. The molecule has 9 aromatic rings. The van der Waals surface area contributed by atoms with Crippen LogP contribution in [0, 0.1) is 5.92 Å². The maximum absolute atomic E-state index is 6.50. The van der Waals surface area contributed by atoms with Crippen LogP contribution >= 0.6 is 0 Å². The van der Waals surface area contributed by atoms with Crippen LogP contribution in [0.1, 0.15) is 18.2 Å². The van der Waals surface area contributed by atoms with Crippen LogP contribution in [0.4, 0.5) is 0 Å². The summed E-state index contributed by atoms with van der Waals surface area (Å²) < 4.78 is 8.96. The molecular formula is C44H30N4O. The third kappa shape index (κ3) is 4.36. The summed E-state index contributed by atoms with van der Waals surface area (Å²) in [6.45, 7) is 2.29. The highest BCUT2D eigenvalue weighted by molar-refractivity contribution is 6.16. The Labute approximate surface area is 282 Å². The molecule has 49 heavy (non-hydrogen) atoms. The van der Waals surface area contributed by atoms with E-state index in [4.69, 9.17) is 19.4 Å². The van der Waals surface area contributed by atoms with Crippen molar-refractivity contribution < 1.29 is 4.42 Å². The topological polar surface area (TPSA) is 56.7 Å². The van der Waals surface area contributed by atoms with Gasteiger partial charge in [-0.1, -0.05) is 128 Å². The summed E-state index contributed by atoms with van der Waals surface area (Å²) in [5.74, 6) is 2.26. The van der Waals surface area contributed by atoms with Gasteiger partial charge in [0.25, 0.3) is 0 Å². The monoisotopic (exact) mass is 630 g/mol. The lowest BCUT2D eigenvalue weighted by Gasteiger charge is -2.20. The van der Waals surface area contributed by atoms with E-state index in [9.17, 15) is 0 Å². The van der Waals surface area contributed by atoms with E-state index < -0.39 is 0 Å². The number of allylic oxidation sites excluding steroid dienone is 1. The van der Waals surface area contributed by atoms with Crippen molar-refractivity contribution in [3.8, 4) is 39.9 Å². The van der Waals surface area contributed by atoms with Gasteiger partial charge in [0.05, 0.1) is 16.8 Å². The Morgan fingerprint density at radius 1 is 0.592 bits per heavy atom. The van der Waals surface area contributed by atoms with Crippen LogP contribution < -0.4 is 0 Å². The first-order valence-electron chi connectivity index (χ1n) is 16.8. The van der Waals surface area contributed by atoms with Gasteiger partial charge in [-0.2, -0.15) is 0 Å². The van der Waals surface area contributed by atoms with Gasteiger partial charge >= 0.3 is 0 Å². The fourth-order valence-electron chi connectivity index (χ4n) is 7.57. The molecule has 1 unspecified atom stereocenters. The average Bonchev–Trinajstić information content (AvgIpc) is 3.70. The molecule has 1 aliphatic carbocycles. The number of hydrogen-bond acceptors (Lipinski definition) is 4. The number of aromatic nitrogens is 4. The van der Waals surface area contributed by atoms with Gasteiger partial charge in [-0.3, -0.25) is 0 Å². The summed E-state index contributed by atoms with van der Waals surface area (Å²) in [5, 5.41) is 5.78. The van der Waals surface area contributed by atoms with Crippen LogP contribution in [0.5, 0.6) is 0 Å². The largest absolute Gasteiger partial charge is 0.456 e. The maximum Gasteiger partial charge on any atom is 0.166 e. The molecule has 0 fully saturated rings. The predicted molar refractivity (Wildman–Crippen MR) is 200 cm³/mol. The maximum atomic E-state index is 6.50. The van der Waals surface area contributed by atoms with Crippen LogP contribution in [0.15, 0.2) is 144 Å². The SMILES string of the molecule is CC1C=Cc2c(n(-c3ccc4oc5ccccc5c4c3-c3nc(-c4ccccc4)nc(-c4ccccc4)n3)c3ccc4ccccc4c23)C1. The van der Waals surface area contributed by atoms with Crippen molar-refractivity contribution in [3.05, 3.63) is 151 Å². The summed E-state index contributed by atoms with van der Waals surface area (Å²) in [5.41, 5.74) is 9.17. The molecule has 232 valence electrons. The van der Waals surface area contributed by atoms with Crippen molar-refractivity contribution in [2.45, 2.75) is 13.3 Å². The molecule has 3 heterocycles. The van der Waals surface area contributed by atoms with Crippen LogP contribution in [-0.2, 0) is 6.42 Å². The van der Waals surface area contributed by atoms with Gasteiger partial charge in [-0.25, -0.2) is 15.0 Å². The number of rotatable bonds is 4. The molecule has 0 bridgehead atoms. The third-order valence-electron chi connectivity index (χ3n) is 9.79. The summed E-state index contributed by atoms with van der Waals surface area (Å²) in [6, 6.07) is 46.1. The van der Waals surface area contributed by atoms with E-state index in [0.29, 0.717) is 23.4 Å². The molecule has 3 aromatic heterocycles. The molecule has 10 rings (SSSR count). The van der Waals surface area contributed by atoms with Crippen LogP contribution in [0.3, 0.4) is 0 Å². The Kier molecular flexibility index (Phi) is 6.15. The van der Waals surface area contributed by atoms with Crippen LogP contribution in [0.2, 0.25) is 0 Å². The lowest BCUT2D eigenvalue weighted by molar-refractivity contribution is 0.668. The molecule has 0 spiro atoms. The van der Waals surface area contributed by atoms with Crippen molar-refractivity contribution in [2.75, 3.05) is 0 Å². The van der Waals surface area contributed by atoms with Gasteiger partial charge < -0.3 is 8.98 Å². The van der Waals surface area contributed by atoms with Gasteiger partial charge in [0, 0.05) is 38.5 Å². The molecule has 0 saturated carbocycles. The summed E-state index contributed by atoms with van der Waals surface area (Å²) in [4.78, 5) is 15.6. The number of benzene rings is 6. The zero-order valence-electron chi connectivity index (χ0n) is 26.8. The van der Waals surface area contributed by atoms with Crippen molar-refractivity contribution in [1.82, 2.24) is 19.5 Å². The van der Waals surface area contributed by atoms with Gasteiger partial charge in [-0.05, 0) is 47.4 Å². The normalized spacial score (nSPS) is 14.3. The van der Waals surface area contributed by atoms with Crippen molar-refractivity contribution in [2.24, 2.45) is 5.92 Å². The fourth-order valence-corrected chi connectivity index (χ4v) is 7.57. The molecule has 6 aromatic carbocycles. The third-order valence-corrected chi connectivity index (χ3v) is 9.79. The van der Waals surface area contributed by atoms with Crippen molar-refractivity contribution in [3.63, 3.8) is 0 Å². The summed E-state index contributed by atoms with van der Waals surface area (Å²) >= 11 is 0. The minimum Gasteiger partial charge on any atom is -0.456 e. The lowest BCUT2D eigenvalue weighted by atomic mass is 9.93. The molecule has 0 saturated heterocycles. The number of para-hydroxylation sites is 1. The first kappa shape index (κ1) is 27.8. The fraction of sp³-hybridized carbons (Fsp3) is 0.0682. The number of fused-ring (bicyclic) bond motifs is 8. The second-order valence-electron chi connectivity index (χ2n) is 12.9. The van der Waals surface area contributed by atoms with E-state index in [0.717, 1.165) is 56.3 Å². The van der Waals surface area contributed by atoms with Crippen LogP contribution in [-0.4, -0.2) is 19.5 Å². The number of nitrogens with zero attached hydrogens (tertiary/aromatic N) is 4. The zero-order valence-corrected chi connectivity index (χ0v) is 26.8. The lowest BCUT2D eigenvalue weighted by Crippen LogP contribution is -2.10. The molecule has 0 aliphatic heterocycles. The first-order chi connectivity index (χ1) is 24.2. The van der Waals surface area contributed by atoms with E-state index in [1.54, 1.807) is 0 Å². The van der Waals surface area contributed by atoms with Crippen molar-refractivity contribution in [1.29, 1.82) is 0 Å². The molecule has 0 amide bonds. The number of hydrogen-bond donors (Lipinski definition) is 0. The smallest absolute Gasteiger partial charge is 0.166 e. The van der Waals surface area contributed by atoms with Crippen molar-refractivity contribution >= 4 is 49.7 Å². The minimum absolute atomic E-state index is 0.398. The van der Waals surface area contributed by atoms with Gasteiger partial charge in [-0.15, -0.1) is 0 Å². The Bertz CT molecular complexity index is 2700. The molecule has 5 heteroatoms.